The summed E-state index contributed by atoms with van der Waals surface area (Å²) in [6.07, 6.45) is 4.39. The van der Waals surface area contributed by atoms with Crippen molar-refractivity contribution in [2.24, 2.45) is 0 Å². The number of allylic oxidation sites excluding steroid dienone is 2. The molecule has 0 bridgehead atoms. The van der Waals surface area contributed by atoms with E-state index in [4.69, 9.17) is 16.6 Å². The maximum atomic E-state index is 12.6. The van der Waals surface area contributed by atoms with E-state index in [1.54, 1.807) is 6.07 Å². The molecule has 11 heteroatoms. The van der Waals surface area contributed by atoms with Gasteiger partial charge in [0.05, 0.1) is 15.9 Å². The molecule has 2 aromatic rings. The highest BCUT2D eigenvalue weighted by atomic mass is 32.2. The van der Waals surface area contributed by atoms with Crippen LogP contribution in [0.3, 0.4) is 0 Å². The first kappa shape index (κ1) is 18.5. The Hall–Kier alpha value is -3.31. The van der Waals surface area contributed by atoms with Gasteiger partial charge in [-0.05, 0) is 24.3 Å². The molecule has 1 fully saturated rings. The third kappa shape index (κ3) is 3.78. The summed E-state index contributed by atoms with van der Waals surface area (Å²) in [7, 11) is 0. The zero-order chi connectivity index (χ0) is 19.6. The number of carbonyl (C=O) groups excluding carboxylic acids is 1. The SMILES string of the molecule is O=C1/C(=C/C=C/c2ccc([N+](=O)[O-])o2)SC(=S)N1c1ccccc1[N+](=O)[O-]. The van der Waals surface area contributed by atoms with Crippen LogP contribution in [0, 0.1) is 20.2 Å². The molecule has 27 heavy (non-hydrogen) atoms. The highest BCUT2D eigenvalue weighted by Gasteiger charge is 2.36. The van der Waals surface area contributed by atoms with Gasteiger partial charge in [0.25, 0.3) is 11.6 Å². The molecule has 0 atom stereocenters. The smallest absolute Gasteiger partial charge is 0.401 e. The van der Waals surface area contributed by atoms with E-state index in [9.17, 15) is 25.0 Å². The summed E-state index contributed by atoms with van der Waals surface area (Å²) < 4.78 is 5.14. The maximum absolute atomic E-state index is 12.6. The lowest BCUT2D eigenvalue weighted by Gasteiger charge is -2.14. The molecule has 1 aromatic heterocycles. The van der Waals surface area contributed by atoms with E-state index in [-0.39, 0.29) is 26.4 Å². The second kappa shape index (κ2) is 7.51. The van der Waals surface area contributed by atoms with E-state index in [0.29, 0.717) is 0 Å². The third-order valence-electron chi connectivity index (χ3n) is 3.41. The zero-order valence-corrected chi connectivity index (χ0v) is 14.9. The fourth-order valence-corrected chi connectivity index (χ4v) is 3.49. The number of nitro benzene ring substituents is 1. The minimum Gasteiger partial charge on any atom is -0.401 e. The molecule has 0 aliphatic carbocycles. The van der Waals surface area contributed by atoms with Gasteiger partial charge in [-0.2, -0.15) is 0 Å². The fourth-order valence-electron chi connectivity index (χ4n) is 2.26. The second-order valence-electron chi connectivity index (χ2n) is 5.08. The lowest BCUT2D eigenvalue weighted by atomic mass is 10.2. The van der Waals surface area contributed by atoms with Crippen LogP contribution in [0.5, 0.6) is 0 Å². The molecule has 0 N–H and O–H groups in total. The minimum atomic E-state index is -0.658. The average Bonchev–Trinajstić information content (AvgIpc) is 3.20. The van der Waals surface area contributed by atoms with E-state index in [0.717, 1.165) is 16.7 Å². The fraction of sp³-hybridized carbons (Fsp3) is 0. The third-order valence-corrected chi connectivity index (χ3v) is 4.73. The van der Waals surface area contributed by atoms with Gasteiger partial charge < -0.3 is 4.42 Å². The molecule has 0 radical (unpaired) electrons. The Labute approximate surface area is 161 Å². The van der Waals surface area contributed by atoms with Gasteiger partial charge in [-0.25, -0.2) is 0 Å². The Bertz CT molecular complexity index is 1030. The number of anilines is 1. The molecule has 2 heterocycles. The summed E-state index contributed by atoms with van der Waals surface area (Å²) in [6, 6.07) is 8.45. The van der Waals surface area contributed by atoms with Crippen LogP contribution in [-0.4, -0.2) is 20.1 Å². The normalized spacial score (nSPS) is 15.9. The van der Waals surface area contributed by atoms with Crippen LogP contribution in [0.1, 0.15) is 5.76 Å². The molecule has 1 aromatic carbocycles. The topological polar surface area (TPSA) is 120 Å². The Morgan fingerprint density at radius 3 is 2.52 bits per heavy atom. The Kier molecular flexibility index (Phi) is 5.14. The summed E-state index contributed by atoms with van der Waals surface area (Å²) in [5.41, 5.74) is -0.132. The van der Waals surface area contributed by atoms with Crippen molar-refractivity contribution in [2.75, 3.05) is 4.90 Å². The highest BCUT2D eigenvalue weighted by molar-refractivity contribution is 8.27. The number of hydrogen-bond acceptors (Lipinski definition) is 8. The van der Waals surface area contributed by atoms with E-state index >= 15 is 0 Å². The molecule has 0 saturated carbocycles. The number of thiocarbonyl (C=S) groups is 1. The van der Waals surface area contributed by atoms with Crippen LogP contribution >= 0.6 is 24.0 Å². The number of nitro groups is 2. The van der Waals surface area contributed by atoms with Gasteiger partial charge in [-0.1, -0.05) is 42.2 Å². The van der Waals surface area contributed by atoms with Crippen molar-refractivity contribution in [3.05, 3.63) is 79.4 Å². The number of para-hydroxylation sites is 2. The standard InChI is InChI=1S/C16H9N3O6S2/c20-15-13(7-3-4-10-8-9-14(25-10)19(23)24)27-16(26)17(15)11-5-1-2-6-12(11)18(21)22/h1-9H/b4-3+,13-7-. The molecule has 0 spiro atoms. The first-order chi connectivity index (χ1) is 12.9. The lowest BCUT2D eigenvalue weighted by molar-refractivity contribution is -0.402. The molecule has 1 saturated heterocycles. The van der Waals surface area contributed by atoms with Crippen molar-refractivity contribution < 1.29 is 19.1 Å². The molecule has 0 unspecified atom stereocenters. The van der Waals surface area contributed by atoms with E-state index in [1.807, 2.05) is 0 Å². The van der Waals surface area contributed by atoms with Gasteiger partial charge in [0, 0.05) is 6.07 Å². The molecular weight excluding hydrogens is 394 g/mol. The largest absolute Gasteiger partial charge is 0.433 e. The molecule has 1 aliphatic rings. The van der Waals surface area contributed by atoms with Crippen LogP contribution < -0.4 is 4.90 Å². The first-order valence-corrected chi connectivity index (χ1v) is 8.53. The number of thioether (sulfide) groups is 1. The van der Waals surface area contributed by atoms with Crippen LogP contribution in [0.15, 0.2) is 57.9 Å². The molecule has 3 rings (SSSR count). The van der Waals surface area contributed by atoms with Crippen molar-refractivity contribution in [1.82, 2.24) is 0 Å². The van der Waals surface area contributed by atoms with Crippen LogP contribution in [0.2, 0.25) is 0 Å². The van der Waals surface area contributed by atoms with Gasteiger partial charge in [0.15, 0.2) is 4.32 Å². The lowest BCUT2D eigenvalue weighted by Crippen LogP contribution is -2.28. The average molecular weight is 403 g/mol. The van der Waals surface area contributed by atoms with Crippen molar-refractivity contribution in [2.45, 2.75) is 0 Å². The van der Waals surface area contributed by atoms with Gasteiger partial charge in [-0.15, -0.1) is 0 Å². The van der Waals surface area contributed by atoms with Gasteiger partial charge in [0.2, 0.25) is 0 Å². The Balaban J connectivity index is 1.83. The van der Waals surface area contributed by atoms with Gasteiger partial charge >= 0.3 is 5.88 Å². The summed E-state index contributed by atoms with van der Waals surface area (Å²) >= 11 is 6.18. The predicted molar refractivity (Wildman–Crippen MR) is 103 cm³/mol. The van der Waals surface area contributed by atoms with Crippen molar-refractivity contribution in [3.63, 3.8) is 0 Å². The minimum absolute atomic E-state index is 0.0963. The summed E-state index contributed by atoms with van der Waals surface area (Å²) in [5.74, 6) is -0.640. The van der Waals surface area contributed by atoms with Crippen LogP contribution in [-0.2, 0) is 4.79 Å². The number of nitrogens with zero attached hydrogens (tertiary/aromatic N) is 3. The molecule has 1 amide bonds. The van der Waals surface area contributed by atoms with Crippen LogP contribution in [0.4, 0.5) is 17.3 Å². The van der Waals surface area contributed by atoms with E-state index in [1.165, 1.54) is 48.6 Å². The number of furan rings is 1. The second-order valence-corrected chi connectivity index (χ2v) is 6.75. The molecule has 9 nitrogen and oxygen atoms in total. The van der Waals surface area contributed by atoms with Crippen molar-refractivity contribution >= 4 is 57.5 Å². The molecule has 1 aliphatic heterocycles. The van der Waals surface area contributed by atoms with Crippen molar-refractivity contribution in [1.29, 1.82) is 0 Å². The molecular formula is C16H9N3O6S2. The van der Waals surface area contributed by atoms with Gasteiger partial charge in [0.1, 0.15) is 16.4 Å². The van der Waals surface area contributed by atoms with Crippen molar-refractivity contribution in [3.8, 4) is 0 Å². The maximum Gasteiger partial charge on any atom is 0.433 e. The predicted octanol–water partition coefficient (Wildman–Crippen LogP) is 4.06. The van der Waals surface area contributed by atoms with Crippen LogP contribution in [0.25, 0.3) is 6.08 Å². The first-order valence-electron chi connectivity index (χ1n) is 7.31. The number of rotatable bonds is 5. The van der Waals surface area contributed by atoms with Gasteiger partial charge in [-0.3, -0.25) is 29.9 Å². The number of amides is 1. The number of hydrogen-bond donors (Lipinski definition) is 0. The number of benzene rings is 1. The zero-order valence-electron chi connectivity index (χ0n) is 13.3. The molecule has 136 valence electrons. The quantitative estimate of drug-likeness (QED) is 0.317. The number of carbonyl (C=O) groups is 1. The Morgan fingerprint density at radius 1 is 1.11 bits per heavy atom. The van der Waals surface area contributed by atoms with E-state index in [2.05, 4.69) is 0 Å². The summed E-state index contributed by atoms with van der Waals surface area (Å²) in [5, 5.41) is 21.8. The van der Waals surface area contributed by atoms with E-state index < -0.39 is 21.6 Å². The summed E-state index contributed by atoms with van der Waals surface area (Å²) in [4.78, 5) is 34.5. The monoisotopic (exact) mass is 403 g/mol. The summed E-state index contributed by atoms with van der Waals surface area (Å²) in [6.45, 7) is 0. The highest BCUT2D eigenvalue weighted by Crippen LogP contribution is 2.38. The Morgan fingerprint density at radius 2 is 1.85 bits per heavy atom.